The van der Waals surface area contributed by atoms with Crippen molar-refractivity contribution in [1.29, 1.82) is 0 Å². The Morgan fingerprint density at radius 2 is 1.79 bits per heavy atom. The predicted molar refractivity (Wildman–Crippen MR) is 86.9 cm³/mol. The first kappa shape index (κ1) is 17.5. The zero-order valence-corrected chi connectivity index (χ0v) is 13.8. The van der Waals surface area contributed by atoms with Crippen LogP contribution in [0.15, 0.2) is 24.3 Å². The largest absolute Gasteiger partial charge is 0.573 e. The zero-order chi connectivity index (χ0) is 17.0. The van der Waals surface area contributed by atoms with E-state index in [1.54, 1.807) is 12.1 Å². The lowest BCUT2D eigenvalue weighted by Gasteiger charge is -2.41. The average Bonchev–Trinajstić information content (AvgIpc) is 2.56. The Bertz CT molecular complexity index is 505. The summed E-state index contributed by atoms with van der Waals surface area (Å²) in [4.78, 5) is 2.43. The first-order chi connectivity index (χ1) is 11.5. The van der Waals surface area contributed by atoms with E-state index < -0.39 is 6.36 Å². The van der Waals surface area contributed by atoms with Crippen molar-refractivity contribution in [3.63, 3.8) is 0 Å². The van der Waals surface area contributed by atoms with E-state index in [1.165, 1.54) is 25.3 Å². The highest BCUT2D eigenvalue weighted by atomic mass is 19.4. The molecule has 24 heavy (non-hydrogen) atoms. The van der Waals surface area contributed by atoms with Crippen LogP contribution in [0.4, 0.5) is 13.2 Å². The third-order valence-electron chi connectivity index (χ3n) is 5.07. The molecule has 1 saturated heterocycles. The van der Waals surface area contributed by atoms with Crippen molar-refractivity contribution in [3.05, 3.63) is 29.8 Å². The van der Waals surface area contributed by atoms with Crippen LogP contribution >= 0.6 is 0 Å². The van der Waals surface area contributed by atoms with Crippen LogP contribution in [0.3, 0.4) is 0 Å². The Morgan fingerprint density at radius 3 is 2.46 bits per heavy atom. The molecule has 1 aliphatic carbocycles. The summed E-state index contributed by atoms with van der Waals surface area (Å²) in [6, 6.07) is 6.77. The third-order valence-corrected chi connectivity index (χ3v) is 5.07. The molecule has 1 saturated carbocycles. The highest BCUT2D eigenvalue weighted by molar-refractivity contribution is 5.31. The van der Waals surface area contributed by atoms with Crippen molar-refractivity contribution in [3.8, 4) is 5.75 Å². The van der Waals surface area contributed by atoms with Gasteiger partial charge in [0.1, 0.15) is 5.75 Å². The summed E-state index contributed by atoms with van der Waals surface area (Å²) in [5, 5.41) is 3.35. The monoisotopic (exact) mass is 342 g/mol. The number of piperazine rings is 1. The molecule has 1 heterocycles. The molecule has 0 unspecified atom stereocenters. The van der Waals surface area contributed by atoms with Gasteiger partial charge < -0.3 is 10.1 Å². The average molecular weight is 342 g/mol. The number of ether oxygens (including phenoxy) is 1. The normalized spacial score (nSPS) is 22.3. The molecule has 2 aliphatic rings. The number of nitrogens with zero attached hydrogens (tertiary/aromatic N) is 1. The van der Waals surface area contributed by atoms with E-state index >= 15 is 0 Å². The quantitative estimate of drug-likeness (QED) is 0.891. The van der Waals surface area contributed by atoms with Crippen molar-refractivity contribution in [2.75, 3.05) is 26.2 Å². The standard InChI is InChI=1S/C18H25F3N2O/c19-18(20,21)24-16-8-4-7-15(13-16)17(14-5-2-1-3-6-14)23-11-9-22-10-12-23/h4,7-8,13-14,17,22H,1-3,5-6,9-12H2/t17-/m0/s1. The van der Waals surface area contributed by atoms with E-state index in [2.05, 4.69) is 15.0 Å². The number of alkyl halides is 3. The second kappa shape index (κ2) is 7.74. The van der Waals surface area contributed by atoms with Crippen LogP contribution in [0, 0.1) is 5.92 Å². The number of halogens is 3. The van der Waals surface area contributed by atoms with E-state index in [0.717, 1.165) is 44.6 Å². The first-order valence-corrected chi connectivity index (χ1v) is 8.83. The zero-order valence-electron chi connectivity index (χ0n) is 13.8. The number of hydrogen-bond donors (Lipinski definition) is 1. The summed E-state index contributed by atoms with van der Waals surface area (Å²) in [5.74, 6) is 0.397. The van der Waals surface area contributed by atoms with E-state index in [1.807, 2.05) is 6.07 Å². The molecule has 0 spiro atoms. The molecule has 0 bridgehead atoms. The van der Waals surface area contributed by atoms with Crippen LogP contribution in [0.5, 0.6) is 5.75 Å². The van der Waals surface area contributed by atoms with Gasteiger partial charge in [0.05, 0.1) is 0 Å². The second-order valence-electron chi connectivity index (χ2n) is 6.75. The van der Waals surface area contributed by atoms with Gasteiger partial charge in [-0.1, -0.05) is 31.4 Å². The number of benzene rings is 1. The van der Waals surface area contributed by atoms with Crippen molar-refractivity contribution in [1.82, 2.24) is 10.2 Å². The predicted octanol–water partition coefficient (Wildman–Crippen LogP) is 4.11. The summed E-state index contributed by atoms with van der Waals surface area (Å²) in [7, 11) is 0. The van der Waals surface area contributed by atoms with Crippen molar-refractivity contribution < 1.29 is 17.9 Å². The molecule has 3 rings (SSSR count). The minimum absolute atomic E-state index is 0.115. The Morgan fingerprint density at radius 1 is 1.08 bits per heavy atom. The maximum atomic E-state index is 12.5. The molecule has 1 aliphatic heterocycles. The maximum absolute atomic E-state index is 12.5. The van der Waals surface area contributed by atoms with Crippen molar-refractivity contribution in [2.24, 2.45) is 5.92 Å². The van der Waals surface area contributed by atoms with Gasteiger partial charge in [0.25, 0.3) is 0 Å². The maximum Gasteiger partial charge on any atom is 0.573 e. The molecule has 3 nitrogen and oxygen atoms in total. The minimum atomic E-state index is -4.64. The van der Waals surface area contributed by atoms with Gasteiger partial charge >= 0.3 is 6.36 Å². The van der Waals surface area contributed by atoms with Gasteiger partial charge in [0, 0.05) is 32.2 Å². The molecular formula is C18H25F3N2O. The van der Waals surface area contributed by atoms with Crippen LogP contribution < -0.4 is 10.1 Å². The molecule has 134 valence electrons. The highest BCUT2D eigenvalue weighted by Gasteiger charge is 2.33. The first-order valence-electron chi connectivity index (χ1n) is 8.83. The van der Waals surface area contributed by atoms with E-state index in [-0.39, 0.29) is 11.8 Å². The number of nitrogens with one attached hydrogen (secondary N) is 1. The van der Waals surface area contributed by atoms with Crippen molar-refractivity contribution in [2.45, 2.75) is 44.5 Å². The molecule has 0 radical (unpaired) electrons. The molecule has 1 aromatic carbocycles. The van der Waals surface area contributed by atoms with E-state index in [0.29, 0.717) is 5.92 Å². The Labute approximate surface area is 141 Å². The number of hydrogen-bond acceptors (Lipinski definition) is 3. The molecule has 1 aromatic rings. The lowest BCUT2D eigenvalue weighted by Crippen LogP contribution is -2.47. The molecule has 0 amide bonds. The van der Waals surface area contributed by atoms with Crippen LogP contribution in [0.2, 0.25) is 0 Å². The summed E-state index contributed by atoms with van der Waals surface area (Å²) < 4.78 is 41.8. The van der Waals surface area contributed by atoms with Crippen LogP contribution in [-0.2, 0) is 0 Å². The Hall–Kier alpha value is -1.27. The smallest absolute Gasteiger partial charge is 0.406 e. The molecule has 2 fully saturated rings. The van der Waals surface area contributed by atoms with Crippen LogP contribution in [0.1, 0.15) is 43.7 Å². The Kier molecular flexibility index (Phi) is 5.66. The summed E-state index contributed by atoms with van der Waals surface area (Å²) in [5.41, 5.74) is 0.950. The molecular weight excluding hydrogens is 317 g/mol. The van der Waals surface area contributed by atoms with Gasteiger partial charge in [-0.25, -0.2) is 0 Å². The summed E-state index contributed by atoms with van der Waals surface area (Å²) >= 11 is 0. The van der Waals surface area contributed by atoms with Crippen molar-refractivity contribution >= 4 is 0 Å². The van der Waals surface area contributed by atoms with Gasteiger partial charge in [-0.15, -0.1) is 13.2 Å². The molecule has 1 atom stereocenters. The highest BCUT2D eigenvalue weighted by Crippen LogP contribution is 2.39. The molecule has 6 heteroatoms. The van der Waals surface area contributed by atoms with Gasteiger partial charge in [-0.2, -0.15) is 0 Å². The topological polar surface area (TPSA) is 24.5 Å². The lowest BCUT2D eigenvalue weighted by molar-refractivity contribution is -0.274. The lowest BCUT2D eigenvalue weighted by atomic mass is 9.80. The van der Waals surface area contributed by atoms with Gasteiger partial charge in [0.2, 0.25) is 0 Å². The van der Waals surface area contributed by atoms with Crippen LogP contribution in [-0.4, -0.2) is 37.4 Å². The SMILES string of the molecule is FC(F)(F)Oc1cccc([C@H](C2CCCCC2)N2CCNCC2)c1. The third kappa shape index (κ3) is 4.63. The fourth-order valence-corrected chi connectivity index (χ4v) is 4.09. The fourth-order valence-electron chi connectivity index (χ4n) is 4.09. The van der Waals surface area contributed by atoms with E-state index in [9.17, 15) is 13.2 Å². The Balaban J connectivity index is 1.85. The molecule has 0 aromatic heterocycles. The minimum Gasteiger partial charge on any atom is -0.406 e. The fraction of sp³-hybridized carbons (Fsp3) is 0.667. The summed E-state index contributed by atoms with van der Waals surface area (Å²) in [6.07, 6.45) is 1.35. The van der Waals surface area contributed by atoms with E-state index in [4.69, 9.17) is 0 Å². The number of rotatable bonds is 4. The van der Waals surface area contributed by atoms with Crippen LogP contribution in [0.25, 0.3) is 0 Å². The second-order valence-corrected chi connectivity index (χ2v) is 6.75. The summed E-state index contributed by atoms with van der Waals surface area (Å²) in [6.45, 7) is 3.74. The molecule has 1 N–H and O–H groups in total. The van der Waals surface area contributed by atoms with Gasteiger partial charge in [-0.3, -0.25) is 4.90 Å². The van der Waals surface area contributed by atoms with Gasteiger partial charge in [0.15, 0.2) is 0 Å². The van der Waals surface area contributed by atoms with Gasteiger partial charge in [-0.05, 0) is 36.5 Å².